The molecule has 5 heteroatoms. The zero-order valence-corrected chi connectivity index (χ0v) is 14.4. The maximum Gasteiger partial charge on any atom is 0.274 e. The molecule has 130 valence electrons. The number of carbonyl (C=O) groups is 1. The molecule has 2 aliphatic heterocycles. The molecule has 0 unspecified atom stereocenters. The van der Waals surface area contributed by atoms with Gasteiger partial charge in [-0.3, -0.25) is 9.78 Å². The van der Waals surface area contributed by atoms with Crippen molar-refractivity contribution >= 4 is 23.0 Å². The van der Waals surface area contributed by atoms with Crippen LogP contribution in [0.5, 0.6) is 0 Å². The van der Waals surface area contributed by atoms with Crippen molar-refractivity contribution in [2.45, 2.75) is 25.7 Å². The Morgan fingerprint density at radius 2 is 1.44 bits per heavy atom. The molecule has 0 radical (unpaired) electrons. The fourth-order valence-electron chi connectivity index (χ4n) is 3.64. The van der Waals surface area contributed by atoms with E-state index in [1.165, 1.54) is 31.4 Å². The van der Waals surface area contributed by atoms with E-state index in [1.54, 1.807) is 6.20 Å². The zero-order chi connectivity index (χ0) is 17.1. The first-order chi connectivity index (χ1) is 12.3. The Hall–Kier alpha value is -2.56. The first-order valence-corrected chi connectivity index (χ1v) is 9.17. The van der Waals surface area contributed by atoms with Gasteiger partial charge in [0, 0.05) is 49.4 Å². The highest BCUT2D eigenvalue weighted by Crippen LogP contribution is 2.23. The van der Waals surface area contributed by atoms with Crippen LogP contribution < -0.4 is 15.1 Å². The molecular weight excluding hydrogens is 312 g/mol. The minimum atomic E-state index is -0.157. The van der Waals surface area contributed by atoms with Gasteiger partial charge < -0.3 is 15.1 Å². The molecule has 2 aliphatic rings. The summed E-state index contributed by atoms with van der Waals surface area (Å²) < 4.78 is 0. The average Bonchev–Trinajstić information content (AvgIpc) is 3.36. The van der Waals surface area contributed by atoms with Crippen molar-refractivity contribution in [2.75, 3.05) is 41.3 Å². The average molecular weight is 336 g/mol. The second-order valence-corrected chi connectivity index (χ2v) is 6.79. The van der Waals surface area contributed by atoms with E-state index in [4.69, 9.17) is 0 Å². The summed E-state index contributed by atoms with van der Waals surface area (Å²) in [5.74, 6) is -0.157. The summed E-state index contributed by atoms with van der Waals surface area (Å²) in [7, 11) is 0. The molecule has 2 saturated heterocycles. The van der Waals surface area contributed by atoms with Gasteiger partial charge in [-0.1, -0.05) is 0 Å². The summed E-state index contributed by atoms with van der Waals surface area (Å²) >= 11 is 0. The first kappa shape index (κ1) is 15.9. The van der Waals surface area contributed by atoms with Gasteiger partial charge in [0.15, 0.2) is 0 Å². The smallest absolute Gasteiger partial charge is 0.274 e. The second-order valence-electron chi connectivity index (χ2n) is 6.79. The maximum atomic E-state index is 12.5. The number of pyridine rings is 1. The fraction of sp³-hybridized carbons (Fsp3) is 0.400. The summed E-state index contributed by atoms with van der Waals surface area (Å²) in [6.07, 6.45) is 6.68. The molecule has 1 amide bonds. The molecule has 2 fully saturated rings. The topological polar surface area (TPSA) is 48.5 Å². The van der Waals surface area contributed by atoms with Crippen molar-refractivity contribution in [1.29, 1.82) is 0 Å². The lowest BCUT2D eigenvalue weighted by Crippen LogP contribution is -2.20. The standard InChI is InChI=1S/C20H24N4O/c25-20(19-15-18(9-10-21-19)24-13-3-4-14-24)22-16-5-7-17(8-6-16)23-11-1-2-12-23/h5-10,15H,1-4,11-14H2,(H,22,25). The Morgan fingerprint density at radius 3 is 2.08 bits per heavy atom. The summed E-state index contributed by atoms with van der Waals surface area (Å²) in [5.41, 5.74) is 3.58. The normalized spacial score (nSPS) is 17.1. The Balaban J connectivity index is 1.43. The number of carbonyl (C=O) groups excluding carboxylic acids is 1. The number of amides is 1. The minimum Gasteiger partial charge on any atom is -0.372 e. The molecule has 1 aromatic heterocycles. The zero-order valence-electron chi connectivity index (χ0n) is 14.4. The quantitative estimate of drug-likeness (QED) is 0.928. The van der Waals surface area contributed by atoms with Gasteiger partial charge in [-0.25, -0.2) is 0 Å². The summed E-state index contributed by atoms with van der Waals surface area (Å²) in [6, 6.07) is 12.0. The Labute approximate surface area is 148 Å². The number of nitrogens with zero attached hydrogens (tertiary/aromatic N) is 3. The third kappa shape index (κ3) is 3.60. The van der Waals surface area contributed by atoms with Crippen LogP contribution in [-0.4, -0.2) is 37.1 Å². The SMILES string of the molecule is O=C(Nc1ccc(N2CCCC2)cc1)c1cc(N2CCCC2)ccn1. The van der Waals surface area contributed by atoms with Gasteiger partial charge in [-0.15, -0.1) is 0 Å². The van der Waals surface area contributed by atoms with Crippen LogP contribution in [0.25, 0.3) is 0 Å². The van der Waals surface area contributed by atoms with E-state index in [0.29, 0.717) is 5.69 Å². The van der Waals surface area contributed by atoms with Gasteiger partial charge in [0.25, 0.3) is 5.91 Å². The molecule has 0 atom stereocenters. The lowest BCUT2D eigenvalue weighted by Gasteiger charge is -2.18. The van der Waals surface area contributed by atoms with Crippen LogP contribution in [0.15, 0.2) is 42.6 Å². The van der Waals surface area contributed by atoms with Gasteiger partial charge in [-0.05, 0) is 62.1 Å². The molecule has 3 heterocycles. The third-order valence-electron chi connectivity index (χ3n) is 5.04. The Kier molecular flexibility index (Phi) is 4.55. The van der Waals surface area contributed by atoms with E-state index >= 15 is 0 Å². The predicted molar refractivity (Wildman–Crippen MR) is 102 cm³/mol. The lowest BCUT2D eigenvalue weighted by molar-refractivity contribution is 0.102. The van der Waals surface area contributed by atoms with E-state index in [9.17, 15) is 4.79 Å². The number of hydrogen-bond acceptors (Lipinski definition) is 4. The molecule has 0 saturated carbocycles. The summed E-state index contributed by atoms with van der Waals surface area (Å²) in [6.45, 7) is 4.36. The van der Waals surface area contributed by atoms with Crippen molar-refractivity contribution in [2.24, 2.45) is 0 Å². The van der Waals surface area contributed by atoms with Gasteiger partial charge in [0.2, 0.25) is 0 Å². The molecule has 2 aromatic rings. The van der Waals surface area contributed by atoms with Crippen molar-refractivity contribution in [3.8, 4) is 0 Å². The van der Waals surface area contributed by atoms with E-state index < -0.39 is 0 Å². The first-order valence-electron chi connectivity index (χ1n) is 9.17. The third-order valence-corrected chi connectivity index (χ3v) is 5.04. The van der Waals surface area contributed by atoms with Gasteiger partial charge in [0.05, 0.1) is 0 Å². The van der Waals surface area contributed by atoms with Crippen LogP contribution in [0.3, 0.4) is 0 Å². The number of rotatable bonds is 4. The van der Waals surface area contributed by atoms with E-state index in [0.717, 1.165) is 37.6 Å². The Bertz CT molecular complexity index is 732. The van der Waals surface area contributed by atoms with E-state index in [-0.39, 0.29) is 5.91 Å². The maximum absolute atomic E-state index is 12.5. The number of aromatic nitrogens is 1. The molecule has 0 aliphatic carbocycles. The number of benzene rings is 1. The monoisotopic (exact) mass is 336 g/mol. The van der Waals surface area contributed by atoms with Crippen LogP contribution in [0.2, 0.25) is 0 Å². The van der Waals surface area contributed by atoms with Crippen molar-refractivity contribution in [3.63, 3.8) is 0 Å². The summed E-state index contributed by atoms with van der Waals surface area (Å²) in [5, 5.41) is 2.96. The molecule has 0 spiro atoms. The highest BCUT2D eigenvalue weighted by Gasteiger charge is 2.16. The van der Waals surface area contributed by atoms with E-state index in [1.807, 2.05) is 24.3 Å². The number of hydrogen-bond donors (Lipinski definition) is 1. The highest BCUT2D eigenvalue weighted by atomic mass is 16.1. The van der Waals surface area contributed by atoms with E-state index in [2.05, 4.69) is 32.2 Å². The van der Waals surface area contributed by atoms with Gasteiger partial charge in [0.1, 0.15) is 5.69 Å². The fourth-order valence-corrected chi connectivity index (χ4v) is 3.64. The molecule has 1 aromatic carbocycles. The molecule has 25 heavy (non-hydrogen) atoms. The summed E-state index contributed by atoms with van der Waals surface area (Å²) in [4.78, 5) is 21.5. The van der Waals surface area contributed by atoms with Gasteiger partial charge in [-0.2, -0.15) is 0 Å². The highest BCUT2D eigenvalue weighted by molar-refractivity contribution is 6.03. The van der Waals surface area contributed by atoms with Crippen LogP contribution in [-0.2, 0) is 0 Å². The Morgan fingerprint density at radius 1 is 0.840 bits per heavy atom. The van der Waals surface area contributed by atoms with Crippen LogP contribution in [0.4, 0.5) is 17.1 Å². The number of anilines is 3. The molecular formula is C20H24N4O. The van der Waals surface area contributed by atoms with Crippen LogP contribution in [0, 0.1) is 0 Å². The van der Waals surface area contributed by atoms with Crippen LogP contribution in [0.1, 0.15) is 36.2 Å². The van der Waals surface area contributed by atoms with Crippen molar-refractivity contribution in [3.05, 3.63) is 48.3 Å². The minimum absolute atomic E-state index is 0.157. The lowest BCUT2D eigenvalue weighted by atomic mass is 10.2. The van der Waals surface area contributed by atoms with Crippen LogP contribution >= 0.6 is 0 Å². The molecule has 5 nitrogen and oxygen atoms in total. The predicted octanol–water partition coefficient (Wildman–Crippen LogP) is 3.53. The molecule has 1 N–H and O–H groups in total. The molecule has 4 rings (SSSR count). The number of nitrogens with one attached hydrogen (secondary N) is 1. The molecule has 0 bridgehead atoms. The second kappa shape index (κ2) is 7.13. The van der Waals surface area contributed by atoms with Crippen molar-refractivity contribution < 1.29 is 4.79 Å². The van der Waals surface area contributed by atoms with Gasteiger partial charge >= 0.3 is 0 Å². The van der Waals surface area contributed by atoms with Crippen molar-refractivity contribution in [1.82, 2.24) is 4.98 Å². The largest absolute Gasteiger partial charge is 0.372 e.